The van der Waals surface area contributed by atoms with Crippen molar-refractivity contribution in [3.8, 4) is 5.75 Å². The minimum Gasteiger partial charge on any atom is -0.493 e. The maximum atomic E-state index is 6.06. The first-order chi connectivity index (χ1) is 10.2. The molecule has 1 aliphatic carbocycles. The van der Waals surface area contributed by atoms with Crippen LogP contribution in [0.25, 0.3) is 0 Å². The Hall–Kier alpha value is -1.07. The van der Waals surface area contributed by atoms with Crippen LogP contribution in [0.15, 0.2) is 6.20 Å². The second-order valence-electron chi connectivity index (χ2n) is 5.94. The summed E-state index contributed by atoms with van der Waals surface area (Å²) >= 11 is 0. The van der Waals surface area contributed by atoms with Crippen molar-refractivity contribution in [1.29, 1.82) is 0 Å². The lowest BCUT2D eigenvalue weighted by atomic mass is 9.77. The molecule has 2 rings (SSSR count). The van der Waals surface area contributed by atoms with E-state index in [0.29, 0.717) is 0 Å². The number of nitrogens with zero attached hydrogens (tertiary/aromatic N) is 2. The van der Waals surface area contributed by atoms with Gasteiger partial charge in [0.05, 0.1) is 30.6 Å². The van der Waals surface area contributed by atoms with Crippen LogP contribution in [-0.4, -0.2) is 36.1 Å². The van der Waals surface area contributed by atoms with Crippen molar-refractivity contribution >= 4 is 0 Å². The Balaban J connectivity index is 2.38. The molecule has 0 amide bonds. The van der Waals surface area contributed by atoms with E-state index in [1.165, 1.54) is 19.3 Å². The molecule has 0 aliphatic heterocycles. The molecule has 1 heterocycles. The van der Waals surface area contributed by atoms with Gasteiger partial charge in [0.2, 0.25) is 0 Å². The molecule has 0 bridgehead atoms. The Morgan fingerprint density at radius 2 is 2.05 bits per heavy atom. The fourth-order valence-corrected chi connectivity index (χ4v) is 3.49. The first-order valence-corrected chi connectivity index (χ1v) is 8.03. The smallest absolute Gasteiger partial charge is 0.161 e. The molecule has 1 atom stereocenters. The van der Waals surface area contributed by atoms with Gasteiger partial charge >= 0.3 is 0 Å². The SMILES string of the molecule is CCCNC(c1c(OC)cnn1C)C1(OC)CCCCC1. The van der Waals surface area contributed by atoms with Gasteiger partial charge in [-0.2, -0.15) is 5.10 Å². The van der Waals surface area contributed by atoms with E-state index in [4.69, 9.17) is 9.47 Å². The van der Waals surface area contributed by atoms with Crippen LogP contribution >= 0.6 is 0 Å². The summed E-state index contributed by atoms with van der Waals surface area (Å²) in [6.07, 6.45) is 8.79. The molecule has 1 saturated carbocycles. The molecule has 0 aromatic carbocycles. The fourth-order valence-electron chi connectivity index (χ4n) is 3.49. The van der Waals surface area contributed by atoms with E-state index in [2.05, 4.69) is 17.3 Å². The Morgan fingerprint density at radius 3 is 2.62 bits per heavy atom. The lowest BCUT2D eigenvalue weighted by Gasteiger charge is -2.43. The quantitative estimate of drug-likeness (QED) is 0.840. The maximum Gasteiger partial charge on any atom is 0.161 e. The van der Waals surface area contributed by atoms with Gasteiger partial charge in [-0.05, 0) is 25.8 Å². The minimum atomic E-state index is -0.158. The van der Waals surface area contributed by atoms with E-state index in [0.717, 1.165) is 37.3 Å². The predicted octanol–water partition coefficient (Wildman–Crippen LogP) is 2.82. The van der Waals surface area contributed by atoms with Crippen LogP contribution in [0.4, 0.5) is 0 Å². The van der Waals surface area contributed by atoms with Gasteiger partial charge in [-0.15, -0.1) is 0 Å². The minimum absolute atomic E-state index is 0.116. The summed E-state index contributed by atoms with van der Waals surface area (Å²) in [6, 6.07) is 0.116. The summed E-state index contributed by atoms with van der Waals surface area (Å²) in [5, 5.41) is 8.06. The Bertz CT molecular complexity index is 439. The first-order valence-electron chi connectivity index (χ1n) is 8.03. The number of hydrogen-bond acceptors (Lipinski definition) is 4. The highest BCUT2D eigenvalue weighted by Gasteiger charge is 2.43. The van der Waals surface area contributed by atoms with Gasteiger partial charge < -0.3 is 14.8 Å². The van der Waals surface area contributed by atoms with E-state index in [1.807, 2.05) is 18.8 Å². The Kier molecular flexibility index (Phi) is 5.65. The highest BCUT2D eigenvalue weighted by Crippen LogP contribution is 2.43. The van der Waals surface area contributed by atoms with E-state index < -0.39 is 0 Å². The summed E-state index contributed by atoms with van der Waals surface area (Å²) in [7, 11) is 5.52. The molecule has 1 unspecified atom stereocenters. The summed E-state index contributed by atoms with van der Waals surface area (Å²) < 4.78 is 13.5. The van der Waals surface area contributed by atoms with Crippen LogP contribution in [0.3, 0.4) is 0 Å². The molecule has 21 heavy (non-hydrogen) atoms. The number of methoxy groups -OCH3 is 2. The van der Waals surface area contributed by atoms with Crippen molar-refractivity contribution in [3.63, 3.8) is 0 Å². The lowest BCUT2D eigenvalue weighted by Crippen LogP contribution is -2.48. The fraction of sp³-hybridized carbons (Fsp3) is 0.812. The third-order valence-electron chi connectivity index (χ3n) is 4.67. The van der Waals surface area contributed by atoms with Crippen LogP contribution in [0.2, 0.25) is 0 Å². The van der Waals surface area contributed by atoms with Crippen LogP contribution in [0, 0.1) is 0 Å². The van der Waals surface area contributed by atoms with Gasteiger partial charge in [0.1, 0.15) is 0 Å². The highest BCUT2D eigenvalue weighted by atomic mass is 16.5. The zero-order chi connectivity index (χ0) is 15.3. The van der Waals surface area contributed by atoms with Crippen molar-refractivity contribution < 1.29 is 9.47 Å². The van der Waals surface area contributed by atoms with Crippen LogP contribution < -0.4 is 10.1 Å². The van der Waals surface area contributed by atoms with E-state index in [1.54, 1.807) is 13.3 Å². The average Bonchev–Trinajstić information content (AvgIpc) is 2.89. The molecular weight excluding hydrogens is 266 g/mol. The molecule has 1 fully saturated rings. The average molecular weight is 295 g/mol. The zero-order valence-corrected chi connectivity index (χ0v) is 13.8. The number of nitrogens with one attached hydrogen (secondary N) is 1. The number of hydrogen-bond donors (Lipinski definition) is 1. The number of aromatic nitrogens is 2. The summed E-state index contributed by atoms with van der Waals surface area (Å²) in [5.74, 6) is 0.841. The summed E-state index contributed by atoms with van der Waals surface area (Å²) in [5.41, 5.74) is 0.934. The van der Waals surface area contributed by atoms with Crippen LogP contribution in [0.5, 0.6) is 5.75 Å². The third-order valence-corrected chi connectivity index (χ3v) is 4.67. The largest absolute Gasteiger partial charge is 0.493 e. The van der Waals surface area contributed by atoms with Crippen molar-refractivity contribution in [3.05, 3.63) is 11.9 Å². The van der Waals surface area contributed by atoms with Crippen molar-refractivity contribution in [1.82, 2.24) is 15.1 Å². The molecule has 1 aromatic heterocycles. The van der Waals surface area contributed by atoms with E-state index in [9.17, 15) is 0 Å². The first kappa shape index (κ1) is 16.3. The molecule has 0 spiro atoms. The van der Waals surface area contributed by atoms with Gasteiger partial charge in [0.15, 0.2) is 5.75 Å². The Labute approximate surface area is 128 Å². The second-order valence-corrected chi connectivity index (χ2v) is 5.94. The van der Waals surface area contributed by atoms with Gasteiger partial charge in [0.25, 0.3) is 0 Å². The molecule has 1 aliphatic rings. The lowest BCUT2D eigenvalue weighted by molar-refractivity contribution is -0.0709. The molecule has 5 nitrogen and oxygen atoms in total. The zero-order valence-electron chi connectivity index (χ0n) is 13.8. The number of ether oxygens (including phenoxy) is 2. The third kappa shape index (κ3) is 3.24. The van der Waals surface area contributed by atoms with Crippen molar-refractivity contribution in [2.45, 2.75) is 57.1 Å². The van der Waals surface area contributed by atoms with Gasteiger partial charge in [-0.1, -0.05) is 26.2 Å². The maximum absolute atomic E-state index is 6.06. The predicted molar refractivity (Wildman–Crippen MR) is 83.6 cm³/mol. The van der Waals surface area contributed by atoms with E-state index in [-0.39, 0.29) is 11.6 Å². The van der Waals surface area contributed by atoms with Crippen molar-refractivity contribution in [2.24, 2.45) is 7.05 Å². The van der Waals surface area contributed by atoms with Gasteiger partial charge in [0, 0.05) is 14.2 Å². The summed E-state index contributed by atoms with van der Waals surface area (Å²) in [6.45, 7) is 3.15. The molecule has 0 saturated heterocycles. The molecule has 0 radical (unpaired) electrons. The standard InChI is InChI=1S/C16H29N3O2/c1-5-11-17-15(14-13(20-3)12-18-19(14)2)16(21-4)9-7-6-8-10-16/h12,15,17H,5-11H2,1-4H3. The normalized spacial score (nSPS) is 19.4. The topological polar surface area (TPSA) is 48.3 Å². The molecule has 5 heteroatoms. The monoisotopic (exact) mass is 295 g/mol. The van der Waals surface area contributed by atoms with Crippen molar-refractivity contribution in [2.75, 3.05) is 20.8 Å². The Morgan fingerprint density at radius 1 is 1.33 bits per heavy atom. The molecule has 1 aromatic rings. The molecule has 1 N–H and O–H groups in total. The second kappa shape index (κ2) is 7.27. The van der Waals surface area contributed by atoms with E-state index >= 15 is 0 Å². The number of rotatable bonds is 7. The van der Waals surface area contributed by atoms with Crippen LogP contribution in [-0.2, 0) is 11.8 Å². The highest BCUT2D eigenvalue weighted by molar-refractivity contribution is 5.31. The van der Waals surface area contributed by atoms with Gasteiger partial charge in [-0.3, -0.25) is 4.68 Å². The number of aryl methyl sites for hydroxylation is 1. The summed E-state index contributed by atoms with van der Waals surface area (Å²) in [4.78, 5) is 0. The molecular formula is C16H29N3O2. The van der Waals surface area contributed by atoms with Gasteiger partial charge in [-0.25, -0.2) is 0 Å². The van der Waals surface area contributed by atoms with Crippen LogP contribution in [0.1, 0.15) is 57.2 Å². The molecule has 120 valence electrons.